The molecule has 1 atom stereocenters. The number of rotatable bonds is 6. The molecule has 0 aliphatic carbocycles. The van der Waals surface area contributed by atoms with Crippen molar-refractivity contribution >= 4 is 27.5 Å². The number of benzene rings is 2. The highest BCUT2D eigenvalue weighted by Gasteiger charge is 2.17. The van der Waals surface area contributed by atoms with Gasteiger partial charge in [0.1, 0.15) is 11.6 Å². The summed E-state index contributed by atoms with van der Waals surface area (Å²) in [6, 6.07) is 12.0. The second kappa shape index (κ2) is 9.49. The predicted molar refractivity (Wildman–Crippen MR) is 112 cm³/mol. The summed E-state index contributed by atoms with van der Waals surface area (Å²) in [5, 5.41) is 2.86. The molecule has 150 valence electrons. The zero-order valence-electron chi connectivity index (χ0n) is 16.1. The van der Waals surface area contributed by atoms with Crippen LogP contribution in [0, 0.1) is 5.82 Å². The lowest BCUT2D eigenvalue weighted by Gasteiger charge is -2.32. The molecule has 0 radical (unpaired) electrons. The van der Waals surface area contributed by atoms with Crippen molar-refractivity contribution in [2.24, 2.45) is 0 Å². The maximum Gasteiger partial charge on any atom is 0.265 e. The largest absolute Gasteiger partial charge is 0.480 e. The third-order valence-corrected chi connectivity index (χ3v) is 5.41. The summed E-state index contributed by atoms with van der Waals surface area (Å²) in [5.41, 5.74) is 1.95. The van der Waals surface area contributed by atoms with Crippen LogP contribution in [0.4, 0.5) is 10.1 Å². The number of carbonyl (C=O) groups is 1. The van der Waals surface area contributed by atoms with Crippen molar-refractivity contribution in [2.75, 3.05) is 38.5 Å². The second-order valence-electron chi connectivity index (χ2n) is 7.10. The van der Waals surface area contributed by atoms with Gasteiger partial charge < -0.3 is 15.0 Å². The maximum atomic E-state index is 13.2. The van der Waals surface area contributed by atoms with Gasteiger partial charge in [-0.1, -0.05) is 12.1 Å². The van der Waals surface area contributed by atoms with Crippen LogP contribution in [0.1, 0.15) is 12.5 Å². The Morgan fingerprint density at radius 2 is 1.86 bits per heavy atom. The Morgan fingerprint density at radius 3 is 2.50 bits per heavy atom. The van der Waals surface area contributed by atoms with Crippen molar-refractivity contribution < 1.29 is 13.9 Å². The molecule has 1 amide bonds. The summed E-state index contributed by atoms with van der Waals surface area (Å²) in [4.78, 5) is 17.2. The third kappa shape index (κ3) is 5.77. The molecule has 1 aliphatic rings. The highest BCUT2D eigenvalue weighted by Crippen LogP contribution is 2.26. The second-order valence-corrected chi connectivity index (χ2v) is 7.95. The Bertz CT molecular complexity index is 808. The minimum absolute atomic E-state index is 0.261. The molecule has 0 saturated carbocycles. The van der Waals surface area contributed by atoms with E-state index in [2.05, 4.69) is 38.1 Å². The van der Waals surface area contributed by atoms with E-state index in [1.165, 1.54) is 23.8 Å². The van der Waals surface area contributed by atoms with Crippen molar-refractivity contribution in [1.29, 1.82) is 0 Å². The summed E-state index contributed by atoms with van der Waals surface area (Å²) in [6.45, 7) is 6.91. The average molecular weight is 450 g/mol. The predicted octanol–water partition coefficient (Wildman–Crippen LogP) is 3.74. The van der Waals surface area contributed by atoms with Crippen molar-refractivity contribution in [3.8, 4) is 5.75 Å². The Balaban J connectivity index is 1.52. The fourth-order valence-electron chi connectivity index (χ4n) is 3.02. The molecule has 0 bridgehead atoms. The van der Waals surface area contributed by atoms with Crippen molar-refractivity contribution in [3.63, 3.8) is 0 Å². The number of anilines is 1. The van der Waals surface area contributed by atoms with E-state index in [0.717, 1.165) is 38.4 Å². The van der Waals surface area contributed by atoms with Gasteiger partial charge in [0.15, 0.2) is 6.10 Å². The Labute approximate surface area is 173 Å². The molecule has 3 rings (SSSR count). The lowest BCUT2D eigenvalue weighted by Crippen LogP contribution is -2.43. The Morgan fingerprint density at radius 1 is 1.18 bits per heavy atom. The van der Waals surface area contributed by atoms with Crippen LogP contribution in [0.3, 0.4) is 0 Å². The summed E-state index contributed by atoms with van der Waals surface area (Å²) in [5.74, 6) is -0.206. The third-order valence-electron chi connectivity index (χ3n) is 4.79. The highest BCUT2D eigenvalue weighted by atomic mass is 79.9. The van der Waals surface area contributed by atoms with Gasteiger partial charge in [-0.25, -0.2) is 4.39 Å². The zero-order valence-corrected chi connectivity index (χ0v) is 17.7. The van der Waals surface area contributed by atoms with E-state index in [0.29, 0.717) is 10.2 Å². The number of nitrogens with one attached hydrogen (secondary N) is 1. The first kappa shape index (κ1) is 20.8. The zero-order chi connectivity index (χ0) is 20.1. The van der Waals surface area contributed by atoms with Crippen molar-refractivity contribution in [3.05, 3.63) is 58.3 Å². The van der Waals surface area contributed by atoms with E-state index in [4.69, 9.17) is 4.74 Å². The summed E-state index contributed by atoms with van der Waals surface area (Å²) in [6.07, 6.45) is -0.716. The number of piperazine rings is 1. The minimum Gasteiger partial charge on any atom is -0.480 e. The molecule has 2 aromatic rings. The van der Waals surface area contributed by atoms with Crippen LogP contribution in [0.15, 0.2) is 46.9 Å². The molecule has 5 nitrogen and oxygen atoms in total. The first-order chi connectivity index (χ1) is 13.4. The van der Waals surface area contributed by atoms with Gasteiger partial charge in [0.25, 0.3) is 5.91 Å². The molecule has 0 spiro atoms. The van der Waals surface area contributed by atoms with Crippen LogP contribution in [0.2, 0.25) is 0 Å². The summed E-state index contributed by atoms with van der Waals surface area (Å²) >= 11 is 3.24. The molecule has 7 heteroatoms. The Kier molecular flexibility index (Phi) is 7.04. The SMILES string of the molecule is CC(Oc1ccc(F)cc1Br)C(=O)Nc1ccc(CN2CCN(C)CC2)cc1. The molecule has 1 aliphatic heterocycles. The van der Waals surface area contributed by atoms with Crippen LogP contribution >= 0.6 is 15.9 Å². The molecule has 1 saturated heterocycles. The number of nitrogens with zero attached hydrogens (tertiary/aromatic N) is 2. The van der Waals surface area contributed by atoms with Crippen LogP contribution in [-0.4, -0.2) is 55.0 Å². The van der Waals surface area contributed by atoms with Crippen LogP contribution in [0.5, 0.6) is 5.75 Å². The molecule has 2 aromatic carbocycles. The normalized spacial score (nSPS) is 16.6. The number of hydrogen-bond acceptors (Lipinski definition) is 4. The average Bonchev–Trinajstić information content (AvgIpc) is 2.67. The van der Waals surface area contributed by atoms with Gasteiger partial charge in [0.05, 0.1) is 4.47 Å². The number of likely N-dealkylation sites (N-methyl/N-ethyl adjacent to an activating group) is 1. The molecule has 28 heavy (non-hydrogen) atoms. The maximum absolute atomic E-state index is 13.2. The first-order valence-electron chi connectivity index (χ1n) is 9.33. The molecular formula is C21H25BrFN3O2. The van der Waals surface area contributed by atoms with Gasteiger partial charge in [-0.05, 0) is 65.8 Å². The van der Waals surface area contributed by atoms with Crippen molar-refractivity contribution in [2.45, 2.75) is 19.6 Å². The quantitative estimate of drug-likeness (QED) is 0.729. The van der Waals surface area contributed by atoms with E-state index in [-0.39, 0.29) is 11.7 Å². The topological polar surface area (TPSA) is 44.8 Å². The summed E-state index contributed by atoms with van der Waals surface area (Å²) in [7, 11) is 2.15. The lowest BCUT2D eigenvalue weighted by atomic mass is 10.1. The van der Waals surface area contributed by atoms with Gasteiger partial charge in [-0.15, -0.1) is 0 Å². The molecule has 1 N–H and O–H groups in total. The minimum atomic E-state index is -0.716. The van der Waals surface area contributed by atoms with Gasteiger partial charge in [0.2, 0.25) is 0 Å². The van der Waals surface area contributed by atoms with E-state index in [9.17, 15) is 9.18 Å². The lowest BCUT2D eigenvalue weighted by molar-refractivity contribution is -0.122. The Hall–Kier alpha value is -1.96. The number of hydrogen-bond donors (Lipinski definition) is 1. The first-order valence-corrected chi connectivity index (χ1v) is 10.1. The van der Waals surface area contributed by atoms with Gasteiger partial charge >= 0.3 is 0 Å². The number of amides is 1. The van der Waals surface area contributed by atoms with E-state index in [1.54, 1.807) is 6.92 Å². The van der Waals surface area contributed by atoms with E-state index >= 15 is 0 Å². The van der Waals surface area contributed by atoms with Gasteiger partial charge in [0, 0.05) is 38.4 Å². The molecular weight excluding hydrogens is 425 g/mol. The molecule has 1 heterocycles. The molecule has 1 fully saturated rings. The van der Waals surface area contributed by atoms with E-state index in [1.807, 2.05) is 24.3 Å². The number of carbonyl (C=O) groups excluding carboxylic acids is 1. The van der Waals surface area contributed by atoms with Gasteiger partial charge in [-0.2, -0.15) is 0 Å². The molecule has 1 unspecified atom stereocenters. The number of halogens is 2. The fraction of sp³-hybridized carbons (Fsp3) is 0.381. The van der Waals surface area contributed by atoms with Gasteiger partial charge in [-0.3, -0.25) is 9.69 Å². The van der Waals surface area contributed by atoms with Crippen molar-refractivity contribution in [1.82, 2.24) is 9.80 Å². The monoisotopic (exact) mass is 449 g/mol. The van der Waals surface area contributed by atoms with Crippen LogP contribution in [-0.2, 0) is 11.3 Å². The smallest absolute Gasteiger partial charge is 0.265 e. The molecule has 0 aromatic heterocycles. The van der Waals surface area contributed by atoms with E-state index < -0.39 is 6.10 Å². The van der Waals surface area contributed by atoms with Crippen LogP contribution < -0.4 is 10.1 Å². The van der Waals surface area contributed by atoms with Crippen LogP contribution in [0.25, 0.3) is 0 Å². The summed E-state index contributed by atoms with van der Waals surface area (Å²) < 4.78 is 19.3. The number of ether oxygens (including phenoxy) is 1. The highest BCUT2D eigenvalue weighted by molar-refractivity contribution is 9.10. The fourth-order valence-corrected chi connectivity index (χ4v) is 3.46. The standard InChI is InChI=1S/C21H25BrFN3O2/c1-15(28-20-8-5-17(23)13-19(20)22)21(27)24-18-6-3-16(4-7-18)14-26-11-9-25(2)10-12-26/h3-8,13,15H,9-12,14H2,1-2H3,(H,24,27).